The summed E-state index contributed by atoms with van der Waals surface area (Å²) in [5, 5.41) is 18.7. The van der Waals surface area contributed by atoms with Crippen LogP contribution in [0.1, 0.15) is 67.1 Å². The van der Waals surface area contributed by atoms with E-state index in [1.807, 2.05) is 97.1 Å². The van der Waals surface area contributed by atoms with Crippen LogP contribution in [0.5, 0.6) is 11.5 Å². The third kappa shape index (κ3) is 10.6. The van der Waals surface area contributed by atoms with Crippen molar-refractivity contribution in [2.45, 2.75) is 39.5 Å². The number of benzene rings is 8. The summed E-state index contributed by atoms with van der Waals surface area (Å²) in [4.78, 5) is 34.6. The Kier molecular flexibility index (Phi) is 14.4. The predicted octanol–water partition coefficient (Wildman–Crippen LogP) is 13.2. The Bertz CT molecular complexity index is 3810. The van der Waals surface area contributed by atoms with Crippen LogP contribution in [0.25, 0.3) is 65.9 Å². The highest BCUT2D eigenvalue weighted by molar-refractivity contribution is 6.18. The van der Waals surface area contributed by atoms with Crippen LogP contribution in [0, 0.1) is 24.7 Å². The van der Waals surface area contributed by atoms with Crippen molar-refractivity contribution in [1.29, 1.82) is 0 Å². The summed E-state index contributed by atoms with van der Waals surface area (Å²) >= 11 is 0. The number of nitrogens with zero attached hydrogens (tertiary/aromatic N) is 5. The van der Waals surface area contributed by atoms with E-state index in [1.165, 1.54) is 11.1 Å². The molecule has 0 fully saturated rings. The van der Waals surface area contributed by atoms with Crippen molar-refractivity contribution in [2.24, 2.45) is 4.99 Å². The van der Waals surface area contributed by atoms with E-state index in [9.17, 15) is 9.90 Å². The number of aromatic carboxylic acids is 1. The van der Waals surface area contributed by atoms with Crippen molar-refractivity contribution in [3.63, 3.8) is 0 Å². The van der Waals surface area contributed by atoms with E-state index < -0.39 is 5.97 Å². The number of aromatic nitrogens is 4. The highest BCUT2D eigenvalue weighted by atomic mass is 16.5. The summed E-state index contributed by atoms with van der Waals surface area (Å²) in [6.45, 7) is 8.97. The quantitative estimate of drug-likeness (QED) is 0.0755. The topological polar surface area (TPSA) is 184 Å². The van der Waals surface area contributed by atoms with Gasteiger partial charge in [-0.15, -0.1) is 12.8 Å². The van der Waals surface area contributed by atoms with Gasteiger partial charge in [-0.1, -0.05) is 137 Å². The predicted molar refractivity (Wildman–Crippen MR) is 300 cm³/mol. The van der Waals surface area contributed by atoms with Crippen LogP contribution in [0.4, 0.5) is 22.7 Å². The minimum Gasteiger partial charge on any atom is -0.481 e. The highest BCUT2D eigenvalue weighted by Crippen LogP contribution is 2.38. The molecule has 10 aromatic rings. The summed E-state index contributed by atoms with van der Waals surface area (Å²) < 4.78 is 11.2. The van der Waals surface area contributed by atoms with Gasteiger partial charge < -0.3 is 31.4 Å². The van der Waals surface area contributed by atoms with E-state index in [1.54, 1.807) is 18.2 Å². The molecule has 12 heteroatoms. The second kappa shape index (κ2) is 21.7. The van der Waals surface area contributed by atoms with Crippen LogP contribution in [-0.4, -0.2) is 50.1 Å². The monoisotopic (exact) mass is 972 g/mol. The lowest BCUT2D eigenvalue weighted by Crippen LogP contribution is -2.19. The Morgan fingerprint density at radius 3 is 1.58 bits per heavy atom. The second-order valence-electron chi connectivity index (χ2n) is 18.1. The van der Waals surface area contributed by atoms with E-state index in [0.29, 0.717) is 51.6 Å². The largest absolute Gasteiger partial charge is 0.481 e. The molecule has 0 spiro atoms. The molecule has 74 heavy (non-hydrogen) atoms. The number of rotatable bonds is 10. The number of hydrogen-bond acceptors (Lipinski definition) is 11. The van der Waals surface area contributed by atoms with Gasteiger partial charge in [-0.25, -0.2) is 29.7 Å². The lowest BCUT2D eigenvalue weighted by atomic mass is 9.99. The van der Waals surface area contributed by atoms with Crippen molar-refractivity contribution in [1.82, 2.24) is 19.9 Å². The van der Waals surface area contributed by atoms with Gasteiger partial charge in [0.1, 0.15) is 24.7 Å². The first-order chi connectivity index (χ1) is 35.9. The van der Waals surface area contributed by atoms with Crippen LogP contribution in [0.3, 0.4) is 0 Å². The summed E-state index contributed by atoms with van der Waals surface area (Å²) in [5.41, 5.74) is 21.9. The van der Waals surface area contributed by atoms with Crippen molar-refractivity contribution in [2.75, 3.05) is 30.0 Å². The molecule has 0 radical (unpaired) electrons. The Hall–Kier alpha value is -9.78. The zero-order valence-corrected chi connectivity index (χ0v) is 41.3. The fourth-order valence-electron chi connectivity index (χ4n) is 8.64. The molecule has 0 bridgehead atoms. The van der Waals surface area contributed by atoms with E-state index in [4.69, 9.17) is 48.7 Å². The maximum absolute atomic E-state index is 11.4. The maximum Gasteiger partial charge on any atom is 0.373 e. The van der Waals surface area contributed by atoms with Crippen molar-refractivity contribution in [3.8, 4) is 58.7 Å². The molecule has 3 heterocycles. The molecule has 0 unspecified atom stereocenters. The molecule has 12 nitrogen and oxygen atoms in total. The van der Waals surface area contributed by atoms with Crippen LogP contribution >= 0.6 is 0 Å². The van der Waals surface area contributed by atoms with E-state index in [0.717, 1.165) is 72.0 Å². The Balaban J connectivity index is 0.000000154. The first kappa shape index (κ1) is 49.2. The first-order valence-electron chi connectivity index (χ1n) is 24.0. The molecule has 0 saturated carbocycles. The first-order valence-corrected chi connectivity index (χ1v) is 24.0. The molecule has 6 N–H and O–H groups in total. The minimum atomic E-state index is -1.17. The molecule has 0 atom stereocenters. The number of anilines is 3. The minimum absolute atomic E-state index is 0.151. The van der Waals surface area contributed by atoms with Crippen molar-refractivity contribution < 1.29 is 19.4 Å². The fourth-order valence-corrected chi connectivity index (χ4v) is 8.64. The number of hydrogen-bond donors (Lipinski definition) is 4. The lowest BCUT2D eigenvalue weighted by molar-refractivity contribution is 0.0684. The van der Waals surface area contributed by atoms with Gasteiger partial charge in [0, 0.05) is 49.7 Å². The number of aliphatic imine (C=N–C) groups is 1. The summed E-state index contributed by atoms with van der Waals surface area (Å²) in [7, 11) is 0. The number of carboxylic acids is 1. The van der Waals surface area contributed by atoms with Gasteiger partial charge in [-0.3, -0.25) is 0 Å². The number of nitrogens with one attached hydrogen (secondary N) is 1. The average Bonchev–Trinajstić information content (AvgIpc) is 3.42. The number of nitrogens with two attached hydrogens (primary N) is 2. The molecular formula is C62H52N8O4. The van der Waals surface area contributed by atoms with Gasteiger partial charge >= 0.3 is 5.97 Å². The Morgan fingerprint density at radius 2 is 1.08 bits per heavy atom. The molecule has 1 aliphatic rings. The molecule has 0 aliphatic carbocycles. The SMILES string of the molecule is C#CCOc1ccc2nc(C(=O)O)nc(-c3ccc(C(C)C)cc3)c2c1.C#CCOc1ccc2nc(C3=Nc4cccc5cccc(c45)N3)nc(-c3ccc(C(C)C)cc3)c2c1.Nc1cccc2cccc(N)c12. The van der Waals surface area contributed by atoms with E-state index >= 15 is 0 Å². The molecule has 2 aromatic heterocycles. The third-order valence-electron chi connectivity index (χ3n) is 12.4. The molecule has 0 amide bonds. The Morgan fingerprint density at radius 1 is 0.595 bits per heavy atom. The number of fused-ring (bicyclic) bond motifs is 3. The van der Waals surface area contributed by atoms with Gasteiger partial charge in [0.2, 0.25) is 5.82 Å². The maximum atomic E-state index is 11.4. The summed E-state index contributed by atoms with van der Waals surface area (Å²) in [6, 6.07) is 51.3. The number of ether oxygens (including phenoxy) is 2. The lowest BCUT2D eigenvalue weighted by Gasteiger charge is -2.19. The smallest absolute Gasteiger partial charge is 0.373 e. The normalized spacial score (nSPS) is 11.4. The molecule has 1 aliphatic heterocycles. The molecule has 8 aromatic carbocycles. The summed E-state index contributed by atoms with van der Waals surface area (Å²) in [5.74, 6) is 6.82. The standard InChI is InChI=1S/C31H24N4O.C21H18N2O3.C10H10N2/c1-4-17-36-23-15-16-25-24(18-23)29(22-13-11-20(12-14-22)19(2)3)35-31(32-25)30-33-26-9-5-7-21-8-6-10-27(34-30)28(21)26;1-4-11-26-16-9-10-18-17(12-16)19(23-20(22-18)21(24)25)15-7-5-14(6-8-15)13(2)3;11-8-5-1-3-7-4-2-6-9(12)10(7)8/h1,5-16,18-19H,17H2,2-3H3,(H,33,34);1,5-10,12-13H,11H2,2-3H3,(H,24,25);1-6H,11-12H2. The molecule has 364 valence electrons. The fraction of sp³-hybridized carbons (Fsp3) is 0.129. The van der Waals surface area contributed by atoms with Crippen molar-refractivity contribution in [3.05, 3.63) is 181 Å². The molecule has 0 saturated heterocycles. The van der Waals surface area contributed by atoms with Gasteiger partial charge in [0.05, 0.1) is 28.1 Å². The zero-order chi connectivity index (χ0) is 51.9. The zero-order valence-electron chi connectivity index (χ0n) is 41.3. The number of terminal acetylenes is 2. The third-order valence-corrected chi connectivity index (χ3v) is 12.4. The van der Waals surface area contributed by atoms with E-state index in [-0.39, 0.29) is 19.0 Å². The van der Waals surface area contributed by atoms with Gasteiger partial charge in [-0.2, -0.15) is 0 Å². The van der Waals surface area contributed by atoms with Gasteiger partial charge in [0.25, 0.3) is 0 Å². The molecule has 11 rings (SSSR count). The number of carboxylic acid groups (broad SMARTS) is 1. The Labute approximate surface area is 429 Å². The van der Waals surface area contributed by atoms with Crippen LogP contribution in [0.2, 0.25) is 0 Å². The number of amidine groups is 1. The van der Waals surface area contributed by atoms with Crippen LogP contribution in [-0.2, 0) is 0 Å². The van der Waals surface area contributed by atoms with Crippen LogP contribution in [0.15, 0.2) is 163 Å². The summed E-state index contributed by atoms with van der Waals surface area (Å²) in [6.07, 6.45) is 10.6. The number of nitrogen functional groups attached to an aromatic ring is 2. The second-order valence-corrected chi connectivity index (χ2v) is 18.1. The number of carbonyl (C=O) groups is 1. The van der Waals surface area contributed by atoms with Gasteiger partial charge in [-0.05, 0) is 94.4 Å². The van der Waals surface area contributed by atoms with E-state index in [2.05, 4.69) is 97.3 Å². The molecular weight excluding hydrogens is 921 g/mol. The van der Waals surface area contributed by atoms with Crippen LogP contribution < -0.4 is 26.3 Å². The average molecular weight is 973 g/mol. The van der Waals surface area contributed by atoms with Gasteiger partial charge in [0.15, 0.2) is 11.7 Å². The highest BCUT2D eigenvalue weighted by Gasteiger charge is 2.21. The van der Waals surface area contributed by atoms with Crippen molar-refractivity contribution >= 4 is 77.9 Å².